The van der Waals surface area contributed by atoms with Crippen molar-refractivity contribution in [1.82, 2.24) is 0 Å². The van der Waals surface area contributed by atoms with Gasteiger partial charge in [0.25, 0.3) is 0 Å². The van der Waals surface area contributed by atoms with Crippen molar-refractivity contribution in [1.29, 1.82) is 0 Å². The highest BCUT2D eigenvalue weighted by Gasteiger charge is 2.11. The molecule has 1 heterocycles. The van der Waals surface area contributed by atoms with Crippen molar-refractivity contribution in [2.75, 3.05) is 13.2 Å². The molecule has 38 heavy (non-hydrogen) atoms. The number of benzene rings is 2. The third kappa shape index (κ3) is 8.37. The van der Waals surface area contributed by atoms with Gasteiger partial charge in [0.1, 0.15) is 23.0 Å². The van der Waals surface area contributed by atoms with Crippen LogP contribution in [0.15, 0.2) is 83.8 Å². The zero-order valence-electron chi connectivity index (χ0n) is 22.0. The minimum atomic E-state index is -0.445. The average molecular weight is 515 g/mol. The number of carbonyl (C=O) groups is 2. The number of unbranched alkanes of at least 4 members (excludes halogenated alkanes) is 3. The molecule has 0 spiro atoms. The zero-order valence-corrected chi connectivity index (χ0v) is 22.0. The SMILES string of the molecule is C=Cc1oc(-c2ccc(OC(=O)c3ccc(OCCCCCCOC(=O)C(=C)C)cc3)cc2)cc1/C=C\C. The quantitative estimate of drug-likeness (QED) is 0.0942. The van der Waals surface area contributed by atoms with Crippen LogP contribution >= 0.6 is 0 Å². The summed E-state index contributed by atoms with van der Waals surface area (Å²) in [6, 6.07) is 16.0. The highest BCUT2D eigenvalue weighted by molar-refractivity contribution is 5.91. The van der Waals surface area contributed by atoms with E-state index in [-0.39, 0.29) is 5.97 Å². The Morgan fingerprint density at radius 3 is 2.21 bits per heavy atom. The summed E-state index contributed by atoms with van der Waals surface area (Å²) in [6.45, 7) is 11.9. The fourth-order valence-electron chi connectivity index (χ4n) is 3.61. The van der Waals surface area contributed by atoms with Gasteiger partial charge in [-0.25, -0.2) is 9.59 Å². The monoisotopic (exact) mass is 514 g/mol. The van der Waals surface area contributed by atoms with E-state index in [1.54, 1.807) is 49.4 Å². The molecular formula is C32H34O6. The summed E-state index contributed by atoms with van der Waals surface area (Å²) in [5, 5.41) is 0. The third-order valence-electron chi connectivity index (χ3n) is 5.65. The predicted molar refractivity (Wildman–Crippen MR) is 150 cm³/mol. The van der Waals surface area contributed by atoms with Crippen LogP contribution < -0.4 is 9.47 Å². The van der Waals surface area contributed by atoms with E-state index in [0.717, 1.165) is 36.8 Å². The number of hydrogen-bond acceptors (Lipinski definition) is 6. The molecule has 0 fully saturated rings. The highest BCUT2D eigenvalue weighted by atomic mass is 16.5. The van der Waals surface area contributed by atoms with Gasteiger partial charge in [-0.2, -0.15) is 0 Å². The molecule has 0 saturated carbocycles. The Kier molecular flexibility index (Phi) is 10.7. The summed E-state index contributed by atoms with van der Waals surface area (Å²) in [5.74, 6) is 1.77. The van der Waals surface area contributed by atoms with E-state index < -0.39 is 5.97 Å². The van der Waals surface area contributed by atoms with Gasteiger partial charge in [-0.3, -0.25) is 0 Å². The molecule has 0 radical (unpaired) electrons. The lowest BCUT2D eigenvalue weighted by atomic mass is 10.1. The molecule has 0 unspecified atom stereocenters. The second-order valence-electron chi connectivity index (χ2n) is 8.75. The Bertz CT molecular complexity index is 1260. The molecule has 0 aliphatic rings. The third-order valence-corrected chi connectivity index (χ3v) is 5.65. The zero-order chi connectivity index (χ0) is 27.3. The van der Waals surface area contributed by atoms with Crippen molar-refractivity contribution in [3.05, 3.63) is 96.3 Å². The molecule has 3 rings (SSSR count). The molecule has 6 nitrogen and oxygen atoms in total. The Hall–Kier alpha value is -4.32. The molecule has 198 valence electrons. The molecule has 0 amide bonds. The van der Waals surface area contributed by atoms with Crippen molar-refractivity contribution < 1.29 is 28.2 Å². The fourth-order valence-corrected chi connectivity index (χ4v) is 3.61. The second-order valence-corrected chi connectivity index (χ2v) is 8.75. The summed E-state index contributed by atoms with van der Waals surface area (Å²) >= 11 is 0. The number of ether oxygens (including phenoxy) is 3. The van der Waals surface area contributed by atoms with E-state index in [4.69, 9.17) is 18.6 Å². The fraction of sp³-hybridized carbons (Fsp3) is 0.250. The van der Waals surface area contributed by atoms with Gasteiger partial charge in [0.15, 0.2) is 0 Å². The van der Waals surface area contributed by atoms with E-state index in [0.29, 0.717) is 47.4 Å². The topological polar surface area (TPSA) is 75.0 Å². The van der Waals surface area contributed by atoms with Crippen LogP contribution in [0, 0.1) is 0 Å². The largest absolute Gasteiger partial charge is 0.494 e. The standard InChI is InChI=1S/C32H34O6/c1-5-11-26-22-30(38-29(26)6-2)24-12-18-28(19-13-24)37-32(34)25-14-16-27(17-15-25)35-20-9-7-8-10-21-36-31(33)23(3)4/h5-6,11-19,22H,2-3,7-10,20-21H2,1,4H3/b11-5-. The summed E-state index contributed by atoms with van der Waals surface area (Å²) in [5.41, 5.74) is 2.68. The Morgan fingerprint density at radius 2 is 1.58 bits per heavy atom. The normalized spacial score (nSPS) is 10.8. The maximum absolute atomic E-state index is 12.6. The van der Waals surface area contributed by atoms with E-state index >= 15 is 0 Å². The summed E-state index contributed by atoms with van der Waals surface area (Å²) in [4.78, 5) is 23.9. The van der Waals surface area contributed by atoms with E-state index in [1.165, 1.54) is 0 Å². The average Bonchev–Trinajstić information content (AvgIpc) is 3.33. The van der Waals surface area contributed by atoms with Gasteiger partial charge < -0.3 is 18.6 Å². The van der Waals surface area contributed by atoms with Crippen molar-refractivity contribution in [2.24, 2.45) is 0 Å². The number of carbonyl (C=O) groups excluding carboxylic acids is 2. The molecular weight excluding hydrogens is 480 g/mol. The van der Waals surface area contributed by atoms with Crippen molar-refractivity contribution in [3.8, 4) is 22.8 Å². The van der Waals surface area contributed by atoms with Crippen LogP contribution in [0.4, 0.5) is 0 Å². The lowest BCUT2D eigenvalue weighted by molar-refractivity contribution is -0.139. The van der Waals surface area contributed by atoms with Gasteiger partial charge >= 0.3 is 11.9 Å². The van der Waals surface area contributed by atoms with Crippen LogP contribution in [0.2, 0.25) is 0 Å². The van der Waals surface area contributed by atoms with Gasteiger partial charge in [0, 0.05) is 16.7 Å². The molecule has 1 aromatic heterocycles. The van der Waals surface area contributed by atoms with Crippen LogP contribution in [0.25, 0.3) is 23.5 Å². The molecule has 0 saturated heterocycles. The number of esters is 2. The Labute approximate surface area is 224 Å². The van der Waals surface area contributed by atoms with Gasteiger partial charge in [-0.05, 0) is 100 Å². The summed E-state index contributed by atoms with van der Waals surface area (Å²) in [6.07, 6.45) is 9.22. The maximum atomic E-state index is 12.6. The van der Waals surface area contributed by atoms with Crippen molar-refractivity contribution >= 4 is 24.1 Å². The van der Waals surface area contributed by atoms with Crippen molar-refractivity contribution in [3.63, 3.8) is 0 Å². The minimum absolute atomic E-state index is 0.343. The predicted octanol–water partition coefficient (Wildman–Crippen LogP) is 7.90. The highest BCUT2D eigenvalue weighted by Crippen LogP contribution is 2.29. The van der Waals surface area contributed by atoms with Gasteiger partial charge in [-0.15, -0.1) is 0 Å². The molecule has 0 aliphatic heterocycles. The number of furan rings is 1. The van der Waals surface area contributed by atoms with E-state index in [2.05, 4.69) is 13.2 Å². The Balaban J connectivity index is 1.41. The first-order valence-electron chi connectivity index (χ1n) is 12.7. The van der Waals surface area contributed by atoms with Crippen LogP contribution in [0.3, 0.4) is 0 Å². The van der Waals surface area contributed by atoms with Gasteiger partial charge in [-0.1, -0.05) is 25.3 Å². The molecule has 0 bridgehead atoms. The first-order valence-corrected chi connectivity index (χ1v) is 12.7. The Morgan fingerprint density at radius 1 is 0.921 bits per heavy atom. The molecule has 0 atom stereocenters. The summed E-state index contributed by atoms with van der Waals surface area (Å²) in [7, 11) is 0. The number of allylic oxidation sites excluding steroid dienone is 1. The van der Waals surface area contributed by atoms with E-state index in [9.17, 15) is 9.59 Å². The summed E-state index contributed by atoms with van der Waals surface area (Å²) < 4.78 is 22.2. The van der Waals surface area contributed by atoms with Crippen LogP contribution in [-0.4, -0.2) is 25.2 Å². The van der Waals surface area contributed by atoms with Crippen LogP contribution in [0.1, 0.15) is 61.2 Å². The first kappa shape index (κ1) is 28.3. The van der Waals surface area contributed by atoms with Crippen molar-refractivity contribution in [2.45, 2.75) is 39.5 Å². The molecule has 2 aromatic carbocycles. The first-order chi connectivity index (χ1) is 18.4. The smallest absolute Gasteiger partial charge is 0.343 e. The minimum Gasteiger partial charge on any atom is -0.494 e. The lowest BCUT2D eigenvalue weighted by Gasteiger charge is -2.08. The molecule has 0 aliphatic carbocycles. The van der Waals surface area contributed by atoms with Crippen LogP contribution in [0.5, 0.6) is 11.5 Å². The number of rotatable bonds is 14. The lowest BCUT2D eigenvalue weighted by Crippen LogP contribution is -2.08. The van der Waals surface area contributed by atoms with Crippen LogP contribution in [-0.2, 0) is 9.53 Å². The van der Waals surface area contributed by atoms with E-state index in [1.807, 2.05) is 37.3 Å². The molecule has 6 heteroatoms. The second kappa shape index (κ2) is 14.4. The number of hydrogen-bond donors (Lipinski definition) is 0. The van der Waals surface area contributed by atoms with Gasteiger partial charge in [0.05, 0.1) is 18.8 Å². The molecule has 0 N–H and O–H groups in total. The maximum Gasteiger partial charge on any atom is 0.343 e. The van der Waals surface area contributed by atoms with Gasteiger partial charge in [0.2, 0.25) is 0 Å². The molecule has 3 aromatic rings.